The van der Waals surface area contributed by atoms with Gasteiger partial charge in [0, 0.05) is 38.2 Å². The Kier molecular flexibility index (Phi) is 3.33. The van der Waals surface area contributed by atoms with Crippen molar-refractivity contribution in [3.05, 3.63) is 54.1 Å². The molecule has 1 saturated heterocycles. The van der Waals surface area contributed by atoms with E-state index < -0.39 is 5.41 Å². The Morgan fingerprint density at radius 3 is 2.62 bits per heavy atom. The van der Waals surface area contributed by atoms with Crippen LogP contribution in [-0.2, 0) is 10.2 Å². The molecule has 0 radical (unpaired) electrons. The normalized spacial score (nSPS) is 18.8. The van der Waals surface area contributed by atoms with E-state index in [0.29, 0.717) is 31.6 Å². The Hall–Kier alpha value is -2.76. The largest absolute Gasteiger partial charge is 0.337 e. The first-order valence-corrected chi connectivity index (χ1v) is 8.06. The summed E-state index contributed by atoms with van der Waals surface area (Å²) in [4.78, 5) is 37.0. The quantitative estimate of drug-likeness (QED) is 0.800. The Bertz CT molecular complexity index is 798. The summed E-state index contributed by atoms with van der Waals surface area (Å²) in [6.45, 7) is 1.09. The lowest BCUT2D eigenvalue weighted by molar-refractivity contribution is -0.124. The fourth-order valence-electron chi connectivity index (χ4n) is 3.86. The molecule has 0 N–H and O–H groups in total. The highest BCUT2D eigenvalue weighted by atomic mass is 16.2. The lowest BCUT2D eigenvalue weighted by atomic mass is 9.73. The molecule has 122 valence electrons. The summed E-state index contributed by atoms with van der Waals surface area (Å²) in [6.07, 6.45) is 5.82. The second kappa shape index (κ2) is 5.40. The topological polar surface area (TPSA) is 66.4 Å². The third-order valence-electron chi connectivity index (χ3n) is 5.18. The van der Waals surface area contributed by atoms with Crippen LogP contribution in [-0.4, -0.2) is 46.8 Å². The number of carbonyl (C=O) groups excluding carboxylic acids is 2. The van der Waals surface area contributed by atoms with E-state index in [2.05, 4.69) is 9.97 Å². The zero-order valence-corrected chi connectivity index (χ0v) is 13.5. The van der Waals surface area contributed by atoms with Gasteiger partial charge in [0.05, 0.1) is 11.6 Å². The van der Waals surface area contributed by atoms with E-state index in [4.69, 9.17) is 0 Å². The lowest BCUT2D eigenvalue weighted by Crippen LogP contribution is -2.49. The van der Waals surface area contributed by atoms with Crippen LogP contribution >= 0.6 is 0 Å². The second-order valence-electron chi connectivity index (χ2n) is 6.35. The lowest BCUT2D eigenvalue weighted by Gasteiger charge is -2.38. The van der Waals surface area contributed by atoms with Crippen molar-refractivity contribution in [1.82, 2.24) is 14.9 Å². The standard InChI is InChI=1S/C18H18N4O2/c1-21-15-5-3-2-4-13(15)18(17(21)24)6-10-22(11-7-18)16(23)14-12-19-8-9-20-14/h2-5,8-9,12H,6-7,10-11H2,1H3. The monoisotopic (exact) mass is 322 g/mol. The number of anilines is 1. The number of amides is 2. The number of carbonyl (C=O) groups is 2. The SMILES string of the molecule is CN1C(=O)C2(CCN(C(=O)c3cnccn3)CC2)c2ccccc21. The molecule has 6 nitrogen and oxygen atoms in total. The number of nitrogens with zero attached hydrogens (tertiary/aromatic N) is 4. The Balaban J connectivity index is 1.58. The molecule has 0 saturated carbocycles. The number of aromatic nitrogens is 2. The minimum absolute atomic E-state index is 0.120. The highest BCUT2D eigenvalue weighted by molar-refractivity contribution is 6.08. The van der Waals surface area contributed by atoms with Crippen molar-refractivity contribution in [3.8, 4) is 0 Å². The maximum atomic E-state index is 12.9. The third kappa shape index (κ3) is 2.02. The molecular weight excluding hydrogens is 304 g/mol. The molecular formula is C18H18N4O2. The fraction of sp³-hybridized carbons (Fsp3) is 0.333. The smallest absolute Gasteiger partial charge is 0.274 e. The third-order valence-corrected chi connectivity index (χ3v) is 5.18. The van der Waals surface area contributed by atoms with Gasteiger partial charge in [-0.05, 0) is 24.5 Å². The molecule has 1 fully saturated rings. The number of likely N-dealkylation sites (tertiary alicyclic amines) is 1. The van der Waals surface area contributed by atoms with Crippen molar-refractivity contribution in [2.24, 2.45) is 0 Å². The molecule has 2 aromatic rings. The average molecular weight is 322 g/mol. The molecule has 6 heteroatoms. The number of rotatable bonds is 1. The van der Waals surface area contributed by atoms with Crippen LogP contribution in [0.5, 0.6) is 0 Å². The Labute approximate surface area is 140 Å². The van der Waals surface area contributed by atoms with Crippen LogP contribution in [0.1, 0.15) is 28.9 Å². The van der Waals surface area contributed by atoms with Gasteiger partial charge in [-0.1, -0.05) is 18.2 Å². The van der Waals surface area contributed by atoms with E-state index in [1.807, 2.05) is 31.3 Å². The molecule has 0 unspecified atom stereocenters. The van der Waals surface area contributed by atoms with Gasteiger partial charge in [0.1, 0.15) is 5.69 Å². The molecule has 1 spiro atoms. The number of fused-ring (bicyclic) bond motifs is 2. The predicted molar refractivity (Wildman–Crippen MR) is 88.7 cm³/mol. The van der Waals surface area contributed by atoms with Crippen molar-refractivity contribution in [2.75, 3.05) is 25.0 Å². The zero-order valence-electron chi connectivity index (χ0n) is 13.5. The summed E-state index contributed by atoms with van der Waals surface area (Å²) in [7, 11) is 1.83. The molecule has 2 aliphatic heterocycles. The van der Waals surface area contributed by atoms with Crippen molar-refractivity contribution in [2.45, 2.75) is 18.3 Å². The van der Waals surface area contributed by atoms with Gasteiger partial charge in [-0.15, -0.1) is 0 Å². The van der Waals surface area contributed by atoms with E-state index in [-0.39, 0.29) is 11.8 Å². The van der Waals surface area contributed by atoms with Crippen LogP contribution in [0.4, 0.5) is 5.69 Å². The van der Waals surface area contributed by atoms with Crippen LogP contribution in [0.3, 0.4) is 0 Å². The van der Waals surface area contributed by atoms with Crippen LogP contribution in [0.15, 0.2) is 42.9 Å². The van der Waals surface area contributed by atoms with Crippen molar-refractivity contribution in [1.29, 1.82) is 0 Å². The number of piperidine rings is 1. The van der Waals surface area contributed by atoms with Gasteiger partial charge >= 0.3 is 0 Å². The Morgan fingerprint density at radius 1 is 1.17 bits per heavy atom. The van der Waals surface area contributed by atoms with Gasteiger partial charge in [0.25, 0.3) is 5.91 Å². The molecule has 1 aromatic heterocycles. The minimum atomic E-state index is -0.496. The molecule has 0 bridgehead atoms. The molecule has 0 atom stereocenters. The molecule has 1 aromatic carbocycles. The highest BCUT2D eigenvalue weighted by Crippen LogP contribution is 2.47. The molecule has 3 heterocycles. The van der Waals surface area contributed by atoms with Crippen LogP contribution in [0, 0.1) is 0 Å². The summed E-state index contributed by atoms with van der Waals surface area (Å²) in [6, 6.07) is 7.95. The van der Waals surface area contributed by atoms with E-state index in [9.17, 15) is 9.59 Å². The van der Waals surface area contributed by atoms with E-state index in [1.165, 1.54) is 12.4 Å². The van der Waals surface area contributed by atoms with Gasteiger partial charge in [0.2, 0.25) is 5.91 Å². The molecule has 2 amide bonds. The maximum Gasteiger partial charge on any atom is 0.274 e. The molecule has 24 heavy (non-hydrogen) atoms. The maximum absolute atomic E-state index is 12.9. The van der Waals surface area contributed by atoms with Crippen molar-refractivity contribution < 1.29 is 9.59 Å². The van der Waals surface area contributed by atoms with E-state index >= 15 is 0 Å². The number of para-hydroxylation sites is 1. The summed E-state index contributed by atoms with van der Waals surface area (Å²) >= 11 is 0. The van der Waals surface area contributed by atoms with Crippen LogP contribution in [0.2, 0.25) is 0 Å². The van der Waals surface area contributed by atoms with E-state index in [0.717, 1.165) is 11.3 Å². The Morgan fingerprint density at radius 2 is 1.92 bits per heavy atom. The fourth-order valence-corrected chi connectivity index (χ4v) is 3.86. The molecule has 0 aliphatic carbocycles. The van der Waals surface area contributed by atoms with Crippen molar-refractivity contribution >= 4 is 17.5 Å². The van der Waals surface area contributed by atoms with Crippen LogP contribution in [0.25, 0.3) is 0 Å². The zero-order chi connectivity index (χ0) is 16.7. The van der Waals surface area contributed by atoms with Gasteiger partial charge in [0.15, 0.2) is 0 Å². The number of hydrogen-bond acceptors (Lipinski definition) is 4. The van der Waals surface area contributed by atoms with Gasteiger partial charge in [-0.25, -0.2) is 4.98 Å². The highest BCUT2D eigenvalue weighted by Gasteiger charge is 2.51. The van der Waals surface area contributed by atoms with E-state index in [1.54, 1.807) is 16.0 Å². The first kappa shape index (κ1) is 14.8. The number of likely N-dealkylation sites (N-methyl/N-ethyl adjacent to an activating group) is 1. The molecule has 4 rings (SSSR count). The first-order chi connectivity index (χ1) is 11.6. The number of hydrogen-bond donors (Lipinski definition) is 0. The molecule has 2 aliphatic rings. The average Bonchev–Trinajstić information content (AvgIpc) is 2.85. The minimum Gasteiger partial charge on any atom is -0.337 e. The van der Waals surface area contributed by atoms with Crippen molar-refractivity contribution in [3.63, 3.8) is 0 Å². The number of benzene rings is 1. The van der Waals surface area contributed by atoms with Gasteiger partial charge in [-0.2, -0.15) is 0 Å². The summed E-state index contributed by atoms with van der Waals surface area (Å²) in [5.74, 6) is 0.0142. The second-order valence-corrected chi connectivity index (χ2v) is 6.35. The first-order valence-electron chi connectivity index (χ1n) is 8.06. The van der Waals surface area contributed by atoms with Crippen LogP contribution < -0.4 is 4.90 Å². The predicted octanol–water partition coefficient (Wildman–Crippen LogP) is 1.63. The summed E-state index contributed by atoms with van der Waals surface area (Å²) in [5.41, 5.74) is 1.92. The van der Waals surface area contributed by atoms with Gasteiger partial charge in [-0.3, -0.25) is 14.6 Å². The summed E-state index contributed by atoms with van der Waals surface area (Å²) < 4.78 is 0. The van der Waals surface area contributed by atoms with Gasteiger partial charge < -0.3 is 9.80 Å². The summed E-state index contributed by atoms with van der Waals surface area (Å²) in [5, 5.41) is 0.